The Morgan fingerprint density at radius 2 is 1.84 bits per heavy atom. The van der Waals surface area contributed by atoms with Gasteiger partial charge >= 0.3 is 0 Å². The van der Waals surface area contributed by atoms with E-state index < -0.39 is 0 Å². The van der Waals surface area contributed by atoms with Crippen LogP contribution in [0.5, 0.6) is 0 Å². The molecule has 162 valence electrons. The average molecular weight is 482 g/mol. The third-order valence-electron chi connectivity index (χ3n) is 5.43. The summed E-state index contributed by atoms with van der Waals surface area (Å²) in [5.41, 5.74) is 2.54. The summed E-state index contributed by atoms with van der Waals surface area (Å²) in [5, 5.41) is 4.74. The Hall–Kier alpha value is -2.61. The van der Waals surface area contributed by atoms with E-state index in [1.165, 1.54) is 16.6 Å². The molecule has 1 aliphatic rings. The maximum atomic E-state index is 13.7. The minimum atomic E-state index is -0.170. The normalized spacial score (nSPS) is 13.2. The van der Waals surface area contributed by atoms with Crippen LogP contribution in [0, 0.1) is 0 Å². The molecule has 2 heterocycles. The van der Waals surface area contributed by atoms with Crippen molar-refractivity contribution in [3.05, 3.63) is 80.4 Å². The summed E-state index contributed by atoms with van der Waals surface area (Å²) < 4.78 is 1.64. The van der Waals surface area contributed by atoms with Gasteiger partial charge in [0.2, 0.25) is 5.91 Å². The lowest BCUT2D eigenvalue weighted by molar-refractivity contribution is -0.113. The maximum Gasteiger partial charge on any atom is 0.267 e. The molecule has 0 saturated heterocycles. The Bertz CT molecular complexity index is 1350. The number of amides is 1. The summed E-state index contributed by atoms with van der Waals surface area (Å²) in [6.45, 7) is 0. The van der Waals surface area contributed by atoms with Gasteiger partial charge in [0.05, 0.1) is 16.8 Å². The molecule has 1 aliphatic carbocycles. The second kappa shape index (κ2) is 9.10. The molecular weight excluding hydrogens is 462 g/mol. The van der Waals surface area contributed by atoms with Crippen LogP contribution in [-0.2, 0) is 17.6 Å². The zero-order chi connectivity index (χ0) is 22.1. The number of carbonyl (C=O) groups excluding carboxylic acids is 1. The Labute approximate surface area is 198 Å². The van der Waals surface area contributed by atoms with Crippen LogP contribution >= 0.6 is 34.7 Å². The van der Waals surface area contributed by atoms with E-state index in [9.17, 15) is 9.59 Å². The number of aryl methyl sites for hydroxylation is 2. The number of nitrogens with zero attached hydrogens (tertiary/aromatic N) is 2. The number of benzene rings is 2. The van der Waals surface area contributed by atoms with Crippen LogP contribution in [0.2, 0.25) is 5.02 Å². The molecule has 0 aliphatic heterocycles. The summed E-state index contributed by atoms with van der Waals surface area (Å²) in [6, 6.07) is 16.5. The van der Waals surface area contributed by atoms with Crippen molar-refractivity contribution in [2.24, 2.45) is 0 Å². The van der Waals surface area contributed by atoms with E-state index in [4.69, 9.17) is 16.6 Å². The van der Waals surface area contributed by atoms with Gasteiger partial charge in [-0.3, -0.25) is 14.2 Å². The summed E-state index contributed by atoms with van der Waals surface area (Å²) in [5.74, 6) is -0.0323. The van der Waals surface area contributed by atoms with Crippen molar-refractivity contribution in [2.45, 2.75) is 30.8 Å². The molecule has 1 amide bonds. The van der Waals surface area contributed by atoms with Gasteiger partial charge in [-0.15, -0.1) is 11.3 Å². The number of aromatic nitrogens is 2. The first-order valence-corrected chi connectivity index (χ1v) is 12.6. The summed E-state index contributed by atoms with van der Waals surface area (Å²) >= 11 is 8.80. The molecule has 32 heavy (non-hydrogen) atoms. The monoisotopic (exact) mass is 481 g/mol. The zero-order valence-corrected chi connectivity index (χ0v) is 19.5. The molecule has 5 rings (SSSR count). The number of rotatable bonds is 5. The largest absolute Gasteiger partial charge is 0.325 e. The molecule has 1 N–H and O–H groups in total. The van der Waals surface area contributed by atoms with Gasteiger partial charge in [0.25, 0.3) is 5.56 Å². The average Bonchev–Trinajstić information content (AvgIpc) is 3.18. The number of fused-ring (bicyclic) bond motifs is 3. The Kier molecular flexibility index (Phi) is 6.04. The Morgan fingerprint density at radius 1 is 1.09 bits per heavy atom. The second-order valence-electron chi connectivity index (χ2n) is 7.61. The summed E-state index contributed by atoms with van der Waals surface area (Å²) in [4.78, 5) is 33.1. The summed E-state index contributed by atoms with van der Waals surface area (Å²) in [6.07, 6.45) is 4.19. The SMILES string of the molecule is O=C(CSc1nc2sc3c(c2c(=O)n1-c1ccccc1)CCCC3)Nc1ccc(Cl)cc1. The number of hydrogen-bond donors (Lipinski definition) is 1. The Balaban J connectivity index is 1.50. The van der Waals surface area contributed by atoms with E-state index in [-0.39, 0.29) is 17.2 Å². The van der Waals surface area contributed by atoms with Crippen molar-refractivity contribution >= 4 is 56.5 Å². The molecule has 5 nitrogen and oxygen atoms in total. The van der Waals surface area contributed by atoms with E-state index in [0.717, 1.165) is 47.2 Å². The van der Waals surface area contributed by atoms with E-state index in [1.54, 1.807) is 40.2 Å². The number of carbonyl (C=O) groups is 1. The molecular formula is C24H20ClN3O2S2. The lowest BCUT2D eigenvalue weighted by Gasteiger charge is -2.13. The minimum Gasteiger partial charge on any atom is -0.325 e. The van der Waals surface area contributed by atoms with Crippen molar-refractivity contribution in [3.8, 4) is 5.69 Å². The van der Waals surface area contributed by atoms with Gasteiger partial charge in [-0.2, -0.15) is 0 Å². The molecule has 2 aromatic heterocycles. The standard InChI is InChI=1S/C24H20ClN3O2S2/c25-15-10-12-16(13-11-15)26-20(29)14-31-24-27-22-21(18-8-4-5-9-19(18)32-22)23(30)28(24)17-6-2-1-3-7-17/h1-3,6-7,10-13H,4-5,8-9,14H2,(H,26,29). The number of halogens is 1. The number of nitrogens with one attached hydrogen (secondary N) is 1. The van der Waals surface area contributed by atoms with Crippen LogP contribution in [0.3, 0.4) is 0 Å². The fraction of sp³-hybridized carbons (Fsp3) is 0.208. The fourth-order valence-electron chi connectivity index (χ4n) is 3.95. The van der Waals surface area contributed by atoms with E-state index in [2.05, 4.69) is 5.32 Å². The lowest BCUT2D eigenvalue weighted by atomic mass is 9.97. The molecule has 8 heteroatoms. The van der Waals surface area contributed by atoms with Crippen molar-refractivity contribution in [1.82, 2.24) is 9.55 Å². The van der Waals surface area contributed by atoms with E-state index >= 15 is 0 Å². The van der Waals surface area contributed by atoms with E-state index in [1.807, 2.05) is 30.3 Å². The van der Waals surface area contributed by atoms with Crippen molar-refractivity contribution in [1.29, 1.82) is 0 Å². The molecule has 2 aromatic carbocycles. The molecule has 0 spiro atoms. The zero-order valence-electron chi connectivity index (χ0n) is 17.1. The number of thioether (sulfide) groups is 1. The third-order valence-corrected chi connectivity index (χ3v) is 7.81. The predicted octanol–water partition coefficient (Wildman–Crippen LogP) is 5.71. The molecule has 0 unspecified atom stereocenters. The highest BCUT2D eigenvalue weighted by Crippen LogP contribution is 2.35. The summed E-state index contributed by atoms with van der Waals surface area (Å²) in [7, 11) is 0. The van der Waals surface area contributed by atoms with Crippen molar-refractivity contribution in [2.75, 3.05) is 11.1 Å². The van der Waals surface area contributed by atoms with Crippen LogP contribution in [0.4, 0.5) is 5.69 Å². The van der Waals surface area contributed by atoms with Crippen molar-refractivity contribution in [3.63, 3.8) is 0 Å². The van der Waals surface area contributed by atoms with Gasteiger partial charge in [0.15, 0.2) is 5.16 Å². The lowest BCUT2D eigenvalue weighted by Crippen LogP contribution is -2.23. The van der Waals surface area contributed by atoms with Crippen LogP contribution in [0.15, 0.2) is 64.5 Å². The minimum absolute atomic E-state index is 0.0544. The van der Waals surface area contributed by atoms with Gasteiger partial charge in [0.1, 0.15) is 4.83 Å². The predicted molar refractivity (Wildman–Crippen MR) is 133 cm³/mol. The van der Waals surface area contributed by atoms with Crippen LogP contribution in [0.25, 0.3) is 15.9 Å². The van der Waals surface area contributed by atoms with Crippen LogP contribution in [0.1, 0.15) is 23.3 Å². The van der Waals surface area contributed by atoms with Gasteiger partial charge in [0, 0.05) is 15.6 Å². The van der Waals surface area contributed by atoms with Crippen LogP contribution < -0.4 is 10.9 Å². The highest BCUT2D eigenvalue weighted by molar-refractivity contribution is 7.99. The molecule has 0 bridgehead atoms. The van der Waals surface area contributed by atoms with Crippen LogP contribution in [-0.4, -0.2) is 21.2 Å². The van der Waals surface area contributed by atoms with Gasteiger partial charge in [-0.05, 0) is 67.6 Å². The number of thiophene rings is 1. The Morgan fingerprint density at radius 3 is 2.62 bits per heavy atom. The van der Waals surface area contributed by atoms with E-state index in [0.29, 0.717) is 15.9 Å². The maximum absolute atomic E-state index is 13.7. The smallest absolute Gasteiger partial charge is 0.267 e. The quantitative estimate of drug-likeness (QED) is 0.293. The molecule has 0 saturated carbocycles. The molecule has 0 radical (unpaired) electrons. The first-order chi connectivity index (χ1) is 15.6. The molecule has 0 fully saturated rings. The second-order valence-corrected chi connectivity index (χ2v) is 10.1. The van der Waals surface area contributed by atoms with Gasteiger partial charge < -0.3 is 5.32 Å². The topological polar surface area (TPSA) is 64.0 Å². The molecule has 0 atom stereocenters. The first-order valence-electron chi connectivity index (χ1n) is 10.4. The highest BCUT2D eigenvalue weighted by atomic mass is 35.5. The first kappa shape index (κ1) is 21.2. The third kappa shape index (κ3) is 4.20. The number of anilines is 1. The van der Waals surface area contributed by atoms with Gasteiger partial charge in [-0.25, -0.2) is 4.98 Å². The molecule has 4 aromatic rings. The fourth-order valence-corrected chi connectivity index (χ4v) is 6.19. The highest BCUT2D eigenvalue weighted by Gasteiger charge is 2.23. The number of para-hydroxylation sites is 1. The number of hydrogen-bond acceptors (Lipinski definition) is 5. The van der Waals surface area contributed by atoms with Crippen molar-refractivity contribution < 1.29 is 4.79 Å². The van der Waals surface area contributed by atoms with Gasteiger partial charge in [-0.1, -0.05) is 41.6 Å².